The van der Waals surface area contributed by atoms with E-state index >= 15 is 0 Å². The largest absolute Gasteiger partial charge is 0.435 e. The van der Waals surface area contributed by atoms with Crippen LogP contribution in [0.3, 0.4) is 0 Å². The van der Waals surface area contributed by atoms with Crippen LogP contribution in [0.15, 0.2) is 17.6 Å². The molecule has 0 N–H and O–H groups in total. The Morgan fingerprint density at radius 1 is 1.65 bits per heavy atom. The van der Waals surface area contributed by atoms with Crippen LogP contribution in [0, 0.1) is 20.9 Å². The SMILES string of the molecule is CC(C)C(CC(Cl)n1ccnc1[N+](=O)[O-])N=O. The molecule has 2 unspecified atom stereocenters. The van der Waals surface area contributed by atoms with Gasteiger partial charge in [0.15, 0.2) is 5.50 Å². The molecule has 7 nitrogen and oxygen atoms in total. The standard InChI is InChI=1S/C9H13ClN4O3/c1-6(2)7(12-15)5-8(10)13-4-3-11-9(13)14(16)17/h3-4,6-8H,5H2,1-2H3. The highest BCUT2D eigenvalue weighted by Gasteiger charge is 2.26. The first kappa shape index (κ1) is 13.6. The first-order chi connectivity index (χ1) is 7.97. The number of nitro groups is 1. The Labute approximate surface area is 103 Å². The predicted molar refractivity (Wildman–Crippen MR) is 62.8 cm³/mol. The van der Waals surface area contributed by atoms with Gasteiger partial charge in [0.1, 0.15) is 12.4 Å². The second-order valence-electron chi connectivity index (χ2n) is 3.98. The summed E-state index contributed by atoms with van der Waals surface area (Å²) in [4.78, 5) is 24.2. The summed E-state index contributed by atoms with van der Waals surface area (Å²) in [6.45, 7) is 3.69. The van der Waals surface area contributed by atoms with Crippen molar-refractivity contribution in [1.82, 2.24) is 9.55 Å². The van der Waals surface area contributed by atoms with Crippen molar-refractivity contribution in [3.05, 3.63) is 27.4 Å². The van der Waals surface area contributed by atoms with Crippen molar-refractivity contribution in [3.63, 3.8) is 0 Å². The minimum absolute atomic E-state index is 0.0383. The number of nitrogens with zero attached hydrogens (tertiary/aromatic N) is 4. The maximum Gasteiger partial charge on any atom is 0.435 e. The molecular weight excluding hydrogens is 248 g/mol. The van der Waals surface area contributed by atoms with Crippen molar-refractivity contribution < 1.29 is 4.92 Å². The lowest BCUT2D eigenvalue weighted by atomic mass is 10.0. The van der Waals surface area contributed by atoms with Gasteiger partial charge in [0, 0.05) is 6.42 Å². The first-order valence-electron chi connectivity index (χ1n) is 5.11. The van der Waals surface area contributed by atoms with Gasteiger partial charge in [0.25, 0.3) is 0 Å². The summed E-state index contributed by atoms with van der Waals surface area (Å²) in [5, 5.41) is 13.6. The number of imidazole rings is 1. The minimum atomic E-state index is -0.706. The molecule has 0 radical (unpaired) electrons. The second-order valence-corrected chi connectivity index (χ2v) is 4.48. The summed E-state index contributed by atoms with van der Waals surface area (Å²) in [7, 11) is 0. The molecule has 1 aromatic rings. The highest BCUT2D eigenvalue weighted by Crippen LogP contribution is 2.27. The highest BCUT2D eigenvalue weighted by atomic mass is 35.5. The maximum atomic E-state index is 10.7. The Kier molecular flexibility index (Phi) is 4.56. The molecule has 0 saturated heterocycles. The van der Waals surface area contributed by atoms with Gasteiger partial charge in [-0.1, -0.05) is 35.6 Å². The van der Waals surface area contributed by atoms with Crippen molar-refractivity contribution in [2.75, 3.05) is 0 Å². The Bertz CT molecular complexity index is 407. The summed E-state index contributed by atoms with van der Waals surface area (Å²) in [6, 6.07) is -0.473. The van der Waals surface area contributed by atoms with Crippen LogP contribution in [0.5, 0.6) is 0 Å². The molecule has 0 saturated carbocycles. The van der Waals surface area contributed by atoms with Crippen molar-refractivity contribution in [2.24, 2.45) is 11.1 Å². The molecule has 1 aromatic heterocycles. The van der Waals surface area contributed by atoms with Crippen LogP contribution in [-0.4, -0.2) is 20.5 Å². The minimum Gasteiger partial charge on any atom is -0.390 e. The van der Waals surface area contributed by atoms with Gasteiger partial charge < -0.3 is 10.1 Å². The molecule has 0 aliphatic carbocycles. The van der Waals surface area contributed by atoms with Crippen LogP contribution < -0.4 is 0 Å². The third-order valence-corrected chi connectivity index (χ3v) is 2.84. The van der Waals surface area contributed by atoms with Gasteiger partial charge in [0.05, 0.1) is 6.04 Å². The molecular formula is C9H13ClN4O3. The zero-order valence-electron chi connectivity index (χ0n) is 9.49. The van der Waals surface area contributed by atoms with Crippen LogP contribution in [0.4, 0.5) is 5.95 Å². The van der Waals surface area contributed by atoms with E-state index in [1.54, 1.807) is 0 Å². The summed E-state index contributed by atoms with van der Waals surface area (Å²) < 4.78 is 1.22. The van der Waals surface area contributed by atoms with Gasteiger partial charge in [-0.05, 0) is 10.8 Å². The Balaban J connectivity index is 2.82. The van der Waals surface area contributed by atoms with Gasteiger partial charge in [0.2, 0.25) is 0 Å². The summed E-state index contributed by atoms with van der Waals surface area (Å²) in [5.74, 6) is -0.297. The Hall–Kier alpha value is -1.50. The van der Waals surface area contributed by atoms with E-state index in [1.165, 1.54) is 17.0 Å². The normalized spacial score (nSPS) is 14.6. The van der Waals surface area contributed by atoms with Crippen molar-refractivity contribution in [1.29, 1.82) is 0 Å². The van der Waals surface area contributed by atoms with Crippen molar-refractivity contribution >= 4 is 17.5 Å². The number of nitroso groups, excluding NO2 is 1. The van der Waals surface area contributed by atoms with E-state index in [1.807, 2.05) is 13.8 Å². The van der Waals surface area contributed by atoms with E-state index in [4.69, 9.17) is 11.6 Å². The average molecular weight is 261 g/mol. The summed E-state index contributed by atoms with van der Waals surface area (Å²) >= 11 is 6.03. The Morgan fingerprint density at radius 3 is 2.76 bits per heavy atom. The molecule has 1 rings (SSSR count). The average Bonchev–Trinajstić information content (AvgIpc) is 2.73. The third-order valence-electron chi connectivity index (χ3n) is 2.45. The van der Waals surface area contributed by atoms with Gasteiger partial charge in [-0.3, -0.25) is 0 Å². The molecule has 0 fully saturated rings. The zero-order chi connectivity index (χ0) is 13.0. The number of rotatable bonds is 6. The fourth-order valence-electron chi connectivity index (χ4n) is 1.42. The quantitative estimate of drug-likeness (QED) is 0.340. The van der Waals surface area contributed by atoms with E-state index in [0.717, 1.165) is 0 Å². The van der Waals surface area contributed by atoms with E-state index < -0.39 is 16.5 Å². The summed E-state index contributed by atoms with van der Waals surface area (Å²) in [5.41, 5.74) is -0.706. The lowest BCUT2D eigenvalue weighted by Crippen LogP contribution is -2.17. The molecule has 94 valence electrons. The van der Waals surface area contributed by atoms with Crippen LogP contribution >= 0.6 is 11.6 Å². The number of hydrogen-bond acceptors (Lipinski definition) is 5. The molecule has 17 heavy (non-hydrogen) atoms. The Morgan fingerprint density at radius 2 is 2.29 bits per heavy atom. The molecule has 1 heterocycles. The van der Waals surface area contributed by atoms with Gasteiger partial charge in [-0.15, -0.1) is 0 Å². The molecule has 0 bridgehead atoms. The van der Waals surface area contributed by atoms with E-state index in [-0.39, 0.29) is 18.3 Å². The van der Waals surface area contributed by atoms with Gasteiger partial charge >= 0.3 is 5.95 Å². The van der Waals surface area contributed by atoms with E-state index in [0.29, 0.717) is 0 Å². The van der Waals surface area contributed by atoms with Crippen LogP contribution in [0.25, 0.3) is 0 Å². The molecule has 2 atom stereocenters. The predicted octanol–water partition coefficient (Wildman–Crippen LogP) is 2.71. The summed E-state index contributed by atoms with van der Waals surface area (Å²) in [6.07, 6.45) is 2.95. The van der Waals surface area contributed by atoms with Crippen LogP contribution in [0.2, 0.25) is 0 Å². The lowest BCUT2D eigenvalue weighted by molar-refractivity contribution is -0.396. The molecule has 0 aromatic carbocycles. The number of hydrogen-bond donors (Lipinski definition) is 0. The van der Waals surface area contributed by atoms with Crippen molar-refractivity contribution in [3.8, 4) is 0 Å². The lowest BCUT2D eigenvalue weighted by Gasteiger charge is -2.15. The first-order valence-corrected chi connectivity index (χ1v) is 5.54. The highest BCUT2D eigenvalue weighted by molar-refractivity contribution is 6.19. The smallest absolute Gasteiger partial charge is 0.390 e. The van der Waals surface area contributed by atoms with Crippen LogP contribution in [0.1, 0.15) is 25.8 Å². The van der Waals surface area contributed by atoms with Crippen LogP contribution in [-0.2, 0) is 0 Å². The van der Waals surface area contributed by atoms with Gasteiger partial charge in [-0.2, -0.15) is 4.91 Å². The molecule has 0 aliphatic rings. The zero-order valence-corrected chi connectivity index (χ0v) is 10.2. The molecule has 8 heteroatoms. The van der Waals surface area contributed by atoms with E-state index in [9.17, 15) is 15.0 Å². The molecule has 0 spiro atoms. The fraction of sp³-hybridized carbons (Fsp3) is 0.667. The number of alkyl halides is 1. The number of aromatic nitrogens is 2. The monoisotopic (exact) mass is 260 g/mol. The molecule has 0 amide bonds. The molecule has 0 aliphatic heterocycles. The topological polar surface area (TPSA) is 90.4 Å². The number of halogens is 1. The fourth-order valence-corrected chi connectivity index (χ4v) is 1.75. The van der Waals surface area contributed by atoms with Crippen molar-refractivity contribution in [2.45, 2.75) is 31.8 Å². The second kappa shape index (κ2) is 5.72. The third kappa shape index (κ3) is 3.23. The van der Waals surface area contributed by atoms with E-state index in [2.05, 4.69) is 10.2 Å². The maximum absolute atomic E-state index is 10.7. The van der Waals surface area contributed by atoms with Gasteiger partial charge in [-0.25, -0.2) is 4.57 Å².